The maximum atomic E-state index is 11.0. The van der Waals surface area contributed by atoms with E-state index < -0.39 is 6.23 Å². The summed E-state index contributed by atoms with van der Waals surface area (Å²) in [6.45, 7) is 0. The van der Waals surface area contributed by atoms with E-state index in [9.17, 15) is 9.90 Å². The lowest BCUT2D eigenvalue weighted by atomic mass is 10.2. The van der Waals surface area contributed by atoms with Crippen LogP contribution in [0.1, 0.15) is 11.8 Å². The third-order valence-corrected chi connectivity index (χ3v) is 1.42. The van der Waals surface area contributed by atoms with Crippen molar-refractivity contribution in [2.75, 3.05) is 7.05 Å². The van der Waals surface area contributed by atoms with E-state index in [-0.39, 0.29) is 5.56 Å². The van der Waals surface area contributed by atoms with Gasteiger partial charge in [-0.3, -0.25) is 10.1 Å². The lowest BCUT2D eigenvalue weighted by molar-refractivity contribution is 0.148. The molecular weight excluding hydrogens is 144 g/mol. The van der Waals surface area contributed by atoms with Gasteiger partial charge in [-0.1, -0.05) is 0 Å². The van der Waals surface area contributed by atoms with Gasteiger partial charge < -0.3 is 10.1 Å². The van der Waals surface area contributed by atoms with Gasteiger partial charge in [0.05, 0.1) is 5.56 Å². The highest BCUT2D eigenvalue weighted by Gasteiger charge is 2.06. The number of pyridine rings is 1. The fraction of sp³-hybridized carbons (Fsp3) is 0.286. The van der Waals surface area contributed by atoms with E-state index in [1.165, 1.54) is 6.20 Å². The van der Waals surface area contributed by atoms with E-state index >= 15 is 0 Å². The van der Waals surface area contributed by atoms with Crippen molar-refractivity contribution in [2.45, 2.75) is 6.23 Å². The van der Waals surface area contributed by atoms with E-state index in [2.05, 4.69) is 10.3 Å². The maximum Gasteiger partial charge on any atom is 0.255 e. The molecule has 0 bridgehead atoms. The highest BCUT2D eigenvalue weighted by Crippen LogP contribution is 2.00. The zero-order chi connectivity index (χ0) is 8.27. The summed E-state index contributed by atoms with van der Waals surface area (Å²) in [4.78, 5) is 13.4. The number of hydrogen-bond acceptors (Lipinski definition) is 3. The molecule has 1 aromatic rings. The van der Waals surface area contributed by atoms with Gasteiger partial charge in [-0.2, -0.15) is 0 Å². The average molecular weight is 154 g/mol. The Hall–Kier alpha value is -1.13. The molecule has 0 aliphatic rings. The monoisotopic (exact) mass is 154 g/mol. The first-order valence-electron chi connectivity index (χ1n) is 3.28. The van der Waals surface area contributed by atoms with Crippen LogP contribution >= 0.6 is 0 Å². The van der Waals surface area contributed by atoms with Gasteiger partial charge in [0.2, 0.25) is 0 Å². The molecule has 0 aromatic carbocycles. The van der Waals surface area contributed by atoms with E-state index in [1.54, 1.807) is 19.2 Å². The second-order valence-corrected chi connectivity index (χ2v) is 2.15. The third kappa shape index (κ3) is 1.66. The topological polar surface area (TPSA) is 65.1 Å². The van der Waals surface area contributed by atoms with Gasteiger partial charge in [0.15, 0.2) is 0 Å². The van der Waals surface area contributed by atoms with Gasteiger partial charge in [-0.15, -0.1) is 0 Å². The standard InChI is InChI=1S/C7H10N2O2/c1-8-6(10)5-3-2-4-9-7(5)11/h2-4,6,8,10H,1H3,(H,9,11). The van der Waals surface area contributed by atoms with Crippen molar-refractivity contribution in [3.05, 3.63) is 34.2 Å². The molecule has 0 saturated carbocycles. The van der Waals surface area contributed by atoms with Crippen LogP contribution in [0.5, 0.6) is 0 Å². The van der Waals surface area contributed by atoms with Gasteiger partial charge >= 0.3 is 0 Å². The van der Waals surface area contributed by atoms with E-state index in [1.807, 2.05) is 0 Å². The lowest BCUT2D eigenvalue weighted by Crippen LogP contribution is -2.23. The Morgan fingerprint density at radius 3 is 3.00 bits per heavy atom. The molecule has 4 heteroatoms. The van der Waals surface area contributed by atoms with Gasteiger partial charge in [-0.25, -0.2) is 0 Å². The van der Waals surface area contributed by atoms with Crippen molar-refractivity contribution in [3.63, 3.8) is 0 Å². The summed E-state index contributed by atoms with van der Waals surface area (Å²) >= 11 is 0. The van der Waals surface area contributed by atoms with Crippen LogP contribution in [-0.4, -0.2) is 17.1 Å². The van der Waals surface area contributed by atoms with Crippen molar-refractivity contribution < 1.29 is 5.11 Å². The summed E-state index contributed by atoms with van der Waals surface area (Å²) in [5.74, 6) is 0. The fourth-order valence-electron chi connectivity index (χ4n) is 0.805. The minimum Gasteiger partial charge on any atom is -0.374 e. The van der Waals surface area contributed by atoms with Crippen LogP contribution in [0.4, 0.5) is 0 Å². The van der Waals surface area contributed by atoms with E-state index in [0.29, 0.717) is 5.56 Å². The highest BCUT2D eigenvalue weighted by molar-refractivity contribution is 5.11. The number of aromatic amines is 1. The molecule has 3 N–H and O–H groups in total. The Balaban J connectivity index is 3.03. The molecule has 0 saturated heterocycles. The zero-order valence-corrected chi connectivity index (χ0v) is 6.16. The largest absolute Gasteiger partial charge is 0.374 e. The van der Waals surface area contributed by atoms with Crippen LogP contribution in [-0.2, 0) is 0 Å². The Bertz CT molecular complexity index is 282. The quantitative estimate of drug-likeness (QED) is 0.507. The molecule has 1 aromatic heterocycles. The minimum absolute atomic E-state index is 0.269. The molecule has 60 valence electrons. The van der Waals surface area contributed by atoms with Gasteiger partial charge in [0.25, 0.3) is 5.56 Å². The second kappa shape index (κ2) is 3.32. The van der Waals surface area contributed by atoms with Gasteiger partial charge in [-0.05, 0) is 19.2 Å². The molecule has 1 heterocycles. The Kier molecular flexibility index (Phi) is 2.40. The molecule has 4 nitrogen and oxygen atoms in total. The number of rotatable bonds is 2. The molecule has 0 amide bonds. The average Bonchev–Trinajstić information content (AvgIpc) is 2.04. The van der Waals surface area contributed by atoms with Crippen LogP contribution in [0.15, 0.2) is 23.1 Å². The normalized spacial score (nSPS) is 12.9. The molecule has 0 aliphatic carbocycles. The van der Waals surface area contributed by atoms with Crippen LogP contribution in [0, 0.1) is 0 Å². The maximum absolute atomic E-state index is 11.0. The Labute approximate surface area is 63.9 Å². The summed E-state index contributed by atoms with van der Waals surface area (Å²) < 4.78 is 0. The van der Waals surface area contributed by atoms with Crippen LogP contribution in [0.25, 0.3) is 0 Å². The van der Waals surface area contributed by atoms with Crippen molar-refractivity contribution in [1.29, 1.82) is 0 Å². The van der Waals surface area contributed by atoms with Crippen LogP contribution in [0.3, 0.4) is 0 Å². The summed E-state index contributed by atoms with van der Waals surface area (Å²) in [5, 5.41) is 11.7. The first-order chi connectivity index (χ1) is 5.25. The summed E-state index contributed by atoms with van der Waals surface area (Å²) in [5.41, 5.74) is 0.0596. The van der Waals surface area contributed by atoms with E-state index in [0.717, 1.165) is 0 Å². The predicted octanol–water partition coefficient (Wildman–Crippen LogP) is -0.415. The first kappa shape index (κ1) is 7.97. The second-order valence-electron chi connectivity index (χ2n) is 2.15. The van der Waals surface area contributed by atoms with E-state index in [4.69, 9.17) is 0 Å². The molecule has 0 spiro atoms. The summed E-state index contributed by atoms with van der Waals surface area (Å²) in [7, 11) is 1.58. The Morgan fingerprint density at radius 1 is 1.73 bits per heavy atom. The number of nitrogens with one attached hydrogen (secondary N) is 2. The van der Waals surface area contributed by atoms with Gasteiger partial charge in [0, 0.05) is 6.20 Å². The summed E-state index contributed by atoms with van der Waals surface area (Å²) in [6.07, 6.45) is 0.633. The third-order valence-electron chi connectivity index (χ3n) is 1.42. The number of aliphatic hydroxyl groups excluding tert-OH is 1. The SMILES string of the molecule is CNC(O)c1ccc[nH]c1=O. The van der Waals surface area contributed by atoms with Crippen LogP contribution < -0.4 is 10.9 Å². The molecule has 11 heavy (non-hydrogen) atoms. The van der Waals surface area contributed by atoms with Gasteiger partial charge in [0.1, 0.15) is 6.23 Å². The molecular formula is C7H10N2O2. The zero-order valence-electron chi connectivity index (χ0n) is 6.16. The van der Waals surface area contributed by atoms with Crippen molar-refractivity contribution in [3.8, 4) is 0 Å². The molecule has 0 radical (unpaired) electrons. The number of aliphatic hydroxyl groups is 1. The smallest absolute Gasteiger partial charge is 0.255 e. The highest BCUT2D eigenvalue weighted by atomic mass is 16.3. The van der Waals surface area contributed by atoms with Crippen molar-refractivity contribution in [1.82, 2.24) is 10.3 Å². The number of H-pyrrole nitrogens is 1. The Morgan fingerprint density at radius 2 is 2.45 bits per heavy atom. The fourth-order valence-corrected chi connectivity index (χ4v) is 0.805. The molecule has 1 rings (SSSR count). The minimum atomic E-state index is -0.889. The van der Waals surface area contributed by atoms with Crippen molar-refractivity contribution >= 4 is 0 Å². The summed E-state index contributed by atoms with van der Waals surface area (Å²) in [6, 6.07) is 3.23. The number of aromatic nitrogens is 1. The molecule has 1 atom stereocenters. The van der Waals surface area contributed by atoms with Crippen molar-refractivity contribution in [2.24, 2.45) is 0 Å². The molecule has 0 aliphatic heterocycles. The number of hydrogen-bond donors (Lipinski definition) is 3. The molecule has 1 unspecified atom stereocenters. The first-order valence-corrected chi connectivity index (χ1v) is 3.28. The van der Waals surface area contributed by atoms with Crippen LogP contribution in [0.2, 0.25) is 0 Å². The molecule has 0 fully saturated rings. The lowest BCUT2D eigenvalue weighted by Gasteiger charge is -2.06. The predicted molar refractivity (Wildman–Crippen MR) is 41.1 cm³/mol.